The van der Waals surface area contributed by atoms with Crippen molar-refractivity contribution in [3.63, 3.8) is 0 Å². The van der Waals surface area contributed by atoms with E-state index >= 15 is 0 Å². The lowest BCUT2D eigenvalue weighted by Crippen LogP contribution is -2.19. The number of halogens is 1. The molecular formula is C14H13ClN2O. The number of hydroxylamine groups is 1. The van der Waals surface area contributed by atoms with Gasteiger partial charge in [0.05, 0.1) is 5.69 Å². The minimum Gasteiger partial charge on any atom is -0.290 e. The highest BCUT2D eigenvalue weighted by Gasteiger charge is 2.02. The number of nitrogens with one attached hydrogen (secondary N) is 1. The van der Waals surface area contributed by atoms with Crippen LogP contribution in [0.15, 0.2) is 53.5 Å². The maximum Gasteiger partial charge on any atom is 0.157 e. The first-order valence-corrected chi connectivity index (χ1v) is 5.88. The van der Waals surface area contributed by atoms with E-state index in [0.717, 1.165) is 16.8 Å². The molecule has 3 nitrogen and oxygen atoms in total. The van der Waals surface area contributed by atoms with Crippen LogP contribution in [-0.2, 0) is 0 Å². The summed E-state index contributed by atoms with van der Waals surface area (Å²) >= 11 is 5.80. The van der Waals surface area contributed by atoms with Gasteiger partial charge in [0.2, 0.25) is 0 Å². The van der Waals surface area contributed by atoms with E-state index in [-0.39, 0.29) is 0 Å². The molecule has 2 aromatic rings. The second kappa shape index (κ2) is 5.67. The van der Waals surface area contributed by atoms with Crippen LogP contribution >= 0.6 is 11.6 Å². The molecule has 0 atom stereocenters. The van der Waals surface area contributed by atoms with Gasteiger partial charge >= 0.3 is 0 Å². The van der Waals surface area contributed by atoms with E-state index in [0.29, 0.717) is 10.9 Å². The monoisotopic (exact) mass is 260 g/mol. The second-order valence-corrected chi connectivity index (χ2v) is 4.35. The third kappa shape index (κ3) is 3.09. The predicted octanol–water partition coefficient (Wildman–Crippen LogP) is 3.71. The molecular weight excluding hydrogens is 248 g/mol. The molecule has 0 aliphatic rings. The highest BCUT2D eigenvalue weighted by molar-refractivity contribution is 6.30. The van der Waals surface area contributed by atoms with E-state index in [2.05, 4.69) is 10.5 Å². The fraction of sp³-hybridized carbons (Fsp3) is 0.0714. The molecule has 0 aliphatic carbocycles. The van der Waals surface area contributed by atoms with Gasteiger partial charge in [-0.2, -0.15) is 0 Å². The molecule has 0 heterocycles. The van der Waals surface area contributed by atoms with Crippen LogP contribution in [0.5, 0.6) is 0 Å². The van der Waals surface area contributed by atoms with Gasteiger partial charge in [-0.05, 0) is 31.2 Å². The van der Waals surface area contributed by atoms with Crippen LogP contribution in [0.2, 0.25) is 5.02 Å². The molecule has 2 N–H and O–H groups in total. The van der Waals surface area contributed by atoms with Crippen LogP contribution in [0.3, 0.4) is 0 Å². The number of aliphatic imine (C=N–C) groups is 1. The number of hydrogen-bond acceptors (Lipinski definition) is 2. The number of rotatable bonds is 2. The van der Waals surface area contributed by atoms with E-state index in [4.69, 9.17) is 16.8 Å². The molecule has 0 saturated carbocycles. The van der Waals surface area contributed by atoms with Gasteiger partial charge in [-0.25, -0.2) is 4.99 Å². The van der Waals surface area contributed by atoms with Gasteiger partial charge in [0.1, 0.15) is 0 Å². The molecule has 0 saturated heterocycles. The lowest BCUT2D eigenvalue weighted by atomic mass is 10.1. The first-order valence-electron chi connectivity index (χ1n) is 5.50. The van der Waals surface area contributed by atoms with Crippen molar-refractivity contribution in [3.05, 3.63) is 64.7 Å². The van der Waals surface area contributed by atoms with Gasteiger partial charge in [-0.3, -0.25) is 10.7 Å². The summed E-state index contributed by atoms with van der Waals surface area (Å²) in [6.07, 6.45) is 0. The van der Waals surface area contributed by atoms with Crippen molar-refractivity contribution in [2.75, 3.05) is 0 Å². The number of amidine groups is 1. The molecule has 4 heteroatoms. The Morgan fingerprint density at radius 3 is 2.22 bits per heavy atom. The Kier molecular flexibility index (Phi) is 3.97. The van der Waals surface area contributed by atoms with Crippen molar-refractivity contribution in [2.45, 2.75) is 6.92 Å². The number of hydrogen-bond donors (Lipinski definition) is 2. The number of aryl methyl sites for hydroxylation is 1. The van der Waals surface area contributed by atoms with E-state index in [1.807, 2.05) is 31.2 Å². The average molecular weight is 261 g/mol. The molecule has 0 spiro atoms. The summed E-state index contributed by atoms with van der Waals surface area (Å²) in [5.41, 5.74) is 4.81. The van der Waals surface area contributed by atoms with Crippen LogP contribution in [0.1, 0.15) is 11.1 Å². The Balaban J connectivity index is 2.33. The van der Waals surface area contributed by atoms with E-state index in [1.165, 1.54) is 0 Å². The van der Waals surface area contributed by atoms with Crippen molar-refractivity contribution in [3.8, 4) is 0 Å². The van der Waals surface area contributed by atoms with Gasteiger partial charge in [0.15, 0.2) is 5.84 Å². The highest BCUT2D eigenvalue weighted by atomic mass is 35.5. The molecule has 0 fully saturated rings. The quantitative estimate of drug-likeness (QED) is 0.491. The normalized spacial score (nSPS) is 11.4. The van der Waals surface area contributed by atoms with Crippen LogP contribution in [-0.4, -0.2) is 11.0 Å². The first-order chi connectivity index (χ1) is 8.69. The second-order valence-electron chi connectivity index (χ2n) is 3.91. The van der Waals surface area contributed by atoms with Crippen molar-refractivity contribution >= 4 is 23.1 Å². The van der Waals surface area contributed by atoms with Crippen molar-refractivity contribution in [1.29, 1.82) is 0 Å². The standard InChI is InChI=1S/C14H13ClN2O/c1-10-2-4-11(5-3-10)14(17-18)16-13-8-6-12(15)7-9-13/h2-9,18H,1H3,(H,16,17). The Morgan fingerprint density at radius 1 is 1.06 bits per heavy atom. The summed E-state index contributed by atoms with van der Waals surface area (Å²) in [4.78, 5) is 4.32. The maximum absolute atomic E-state index is 9.16. The molecule has 2 aromatic carbocycles. The topological polar surface area (TPSA) is 44.6 Å². The Bertz CT molecular complexity index is 547. The molecule has 0 amide bonds. The van der Waals surface area contributed by atoms with Gasteiger partial charge in [-0.1, -0.05) is 41.4 Å². The maximum atomic E-state index is 9.16. The lowest BCUT2D eigenvalue weighted by molar-refractivity contribution is 0.235. The average Bonchev–Trinajstić information content (AvgIpc) is 2.39. The summed E-state index contributed by atoms with van der Waals surface area (Å²) in [5.74, 6) is 0.400. The molecule has 2 rings (SSSR count). The zero-order valence-corrected chi connectivity index (χ0v) is 10.6. The van der Waals surface area contributed by atoms with Crippen LogP contribution in [0, 0.1) is 6.92 Å². The molecule has 0 aliphatic heterocycles. The van der Waals surface area contributed by atoms with Gasteiger partial charge in [-0.15, -0.1) is 0 Å². The predicted molar refractivity (Wildman–Crippen MR) is 73.8 cm³/mol. The van der Waals surface area contributed by atoms with Crippen LogP contribution in [0.25, 0.3) is 0 Å². The largest absolute Gasteiger partial charge is 0.290 e. The van der Waals surface area contributed by atoms with Crippen LogP contribution in [0.4, 0.5) is 5.69 Å². The van der Waals surface area contributed by atoms with Crippen LogP contribution < -0.4 is 5.48 Å². The SMILES string of the molecule is Cc1ccc(C(=Nc2ccc(Cl)cc2)NO)cc1. The van der Waals surface area contributed by atoms with Gasteiger partial charge in [0, 0.05) is 10.6 Å². The fourth-order valence-corrected chi connectivity index (χ4v) is 1.64. The minimum atomic E-state index is 0.400. The summed E-state index contributed by atoms with van der Waals surface area (Å²) in [6.45, 7) is 2.01. The smallest absolute Gasteiger partial charge is 0.157 e. The summed E-state index contributed by atoms with van der Waals surface area (Å²) in [5, 5.41) is 9.81. The third-order valence-corrected chi connectivity index (χ3v) is 2.75. The minimum absolute atomic E-state index is 0.400. The van der Waals surface area contributed by atoms with Gasteiger partial charge in [0.25, 0.3) is 0 Å². The summed E-state index contributed by atoms with van der Waals surface area (Å²) < 4.78 is 0. The van der Waals surface area contributed by atoms with E-state index < -0.39 is 0 Å². The first kappa shape index (κ1) is 12.6. The molecule has 0 unspecified atom stereocenters. The fourth-order valence-electron chi connectivity index (χ4n) is 1.51. The summed E-state index contributed by atoms with van der Waals surface area (Å²) in [6, 6.07) is 14.8. The third-order valence-electron chi connectivity index (χ3n) is 2.50. The molecule has 92 valence electrons. The lowest BCUT2D eigenvalue weighted by Gasteiger charge is -2.05. The van der Waals surface area contributed by atoms with E-state index in [1.54, 1.807) is 24.3 Å². The number of nitrogens with zero attached hydrogens (tertiary/aromatic N) is 1. The highest BCUT2D eigenvalue weighted by Crippen LogP contribution is 2.17. The van der Waals surface area contributed by atoms with Crippen molar-refractivity contribution in [2.24, 2.45) is 4.99 Å². The molecule has 0 bridgehead atoms. The Labute approximate surface area is 111 Å². The van der Waals surface area contributed by atoms with Crippen molar-refractivity contribution in [1.82, 2.24) is 5.48 Å². The van der Waals surface area contributed by atoms with Gasteiger partial charge < -0.3 is 0 Å². The zero-order valence-electron chi connectivity index (χ0n) is 9.89. The number of benzene rings is 2. The Morgan fingerprint density at radius 2 is 1.67 bits per heavy atom. The molecule has 18 heavy (non-hydrogen) atoms. The summed E-state index contributed by atoms with van der Waals surface area (Å²) in [7, 11) is 0. The molecule has 0 aromatic heterocycles. The zero-order chi connectivity index (χ0) is 13.0. The van der Waals surface area contributed by atoms with E-state index in [9.17, 15) is 0 Å². The Hall–Kier alpha value is -1.84. The van der Waals surface area contributed by atoms with Crippen molar-refractivity contribution < 1.29 is 5.21 Å². The molecule has 0 radical (unpaired) electrons.